The number of ether oxygens (including phenoxy) is 1. The Morgan fingerprint density at radius 3 is 2.30 bits per heavy atom. The van der Waals surface area contributed by atoms with Gasteiger partial charge in [-0.3, -0.25) is 4.79 Å². The van der Waals surface area contributed by atoms with Gasteiger partial charge >= 0.3 is 0 Å². The normalized spacial score (nSPS) is 13.5. The summed E-state index contributed by atoms with van der Waals surface area (Å²) in [5.74, 6) is -1.07. The van der Waals surface area contributed by atoms with Gasteiger partial charge in [-0.2, -0.15) is 0 Å². The van der Waals surface area contributed by atoms with E-state index < -0.39 is 17.2 Å². The van der Waals surface area contributed by atoms with Crippen LogP contribution in [0.25, 0.3) is 22.4 Å². The van der Waals surface area contributed by atoms with Gasteiger partial charge in [0.25, 0.3) is 5.56 Å². The van der Waals surface area contributed by atoms with Gasteiger partial charge in [0.05, 0.1) is 17.9 Å². The summed E-state index contributed by atoms with van der Waals surface area (Å²) in [6.07, 6.45) is 2.13. The Morgan fingerprint density at radius 1 is 1.03 bits per heavy atom. The predicted octanol–water partition coefficient (Wildman–Crippen LogP) is 6.58. The van der Waals surface area contributed by atoms with Crippen molar-refractivity contribution in [1.29, 1.82) is 0 Å². The highest BCUT2D eigenvalue weighted by Gasteiger charge is 2.25. The monoisotopic (exact) mass is 449 g/mol. The highest BCUT2D eigenvalue weighted by molar-refractivity contribution is 6.34. The molecule has 1 saturated carbocycles. The Hall–Kier alpha value is -2.37. The highest BCUT2D eigenvalue weighted by Crippen LogP contribution is 2.40. The lowest BCUT2D eigenvalue weighted by molar-refractivity contribution is 0.297. The zero-order chi connectivity index (χ0) is 21.4. The lowest BCUT2D eigenvalue weighted by atomic mass is 9.97. The van der Waals surface area contributed by atoms with Crippen LogP contribution in [0, 0.1) is 17.6 Å². The van der Waals surface area contributed by atoms with Gasteiger partial charge in [-0.05, 0) is 37.8 Å². The van der Waals surface area contributed by atoms with Crippen LogP contribution in [-0.4, -0.2) is 11.2 Å². The van der Waals surface area contributed by atoms with E-state index in [4.69, 9.17) is 27.9 Å². The molecule has 1 heterocycles. The number of hydrogen-bond donors (Lipinski definition) is 0. The smallest absolute Gasteiger partial charge is 0.269 e. The Labute approximate surface area is 182 Å². The lowest BCUT2D eigenvalue weighted by Crippen LogP contribution is -2.23. The van der Waals surface area contributed by atoms with Crippen LogP contribution in [0.5, 0.6) is 5.75 Å². The molecule has 30 heavy (non-hydrogen) atoms. The quantitative estimate of drug-likeness (QED) is 0.425. The molecule has 0 spiro atoms. The average Bonchev–Trinajstić information content (AvgIpc) is 3.53. The van der Waals surface area contributed by atoms with Crippen LogP contribution in [0.2, 0.25) is 10.0 Å². The van der Waals surface area contributed by atoms with Crippen LogP contribution in [0.4, 0.5) is 8.78 Å². The summed E-state index contributed by atoms with van der Waals surface area (Å²) in [6, 6.07) is 10.6. The Balaban J connectivity index is 1.94. The van der Waals surface area contributed by atoms with Crippen molar-refractivity contribution in [2.45, 2.75) is 26.3 Å². The van der Waals surface area contributed by atoms with Crippen LogP contribution in [0.3, 0.4) is 0 Å². The van der Waals surface area contributed by atoms with Crippen molar-refractivity contribution >= 4 is 23.2 Å². The Bertz CT molecular complexity index is 1150. The number of rotatable bonds is 6. The van der Waals surface area contributed by atoms with Gasteiger partial charge in [0.1, 0.15) is 22.4 Å². The molecule has 1 aromatic heterocycles. The van der Waals surface area contributed by atoms with Crippen LogP contribution in [0.1, 0.15) is 19.8 Å². The maximum atomic E-state index is 15.2. The van der Waals surface area contributed by atoms with Crippen molar-refractivity contribution < 1.29 is 13.5 Å². The van der Waals surface area contributed by atoms with Crippen molar-refractivity contribution in [3.63, 3.8) is 0 Å². The van der Waals surface area contributed by atoms with Crippen LogP contribution >= 0.6 is 23.2 Å². The molecule has 2 aromatic carbocycles. The molecule has 0 atom stereocenters. The summed E-state index contributed by atoms with van der Waals surface area (Å²) in [5.41, 5.74) is 0.128. The van der Waals surface area contributed by atoms with E-state index in [1.54, 1.807) is 31.2 Å². The van der Waals surface area contributed by atoms with E-state index in [2.05, 4.69) is 0 Å². The standard InChI is InChI=1S/C23H19Cl2F2NO2/c1-2-28-22(16(11-18(25)23(28)29)15-5-3-4-6-17(15)24)21-19(26)9-14(10-20(21)27)30-12-13-7-8-13/h3-6,9-11,13H,2,7-8,12H2,1H3. The Morgan fingerprint density at radius 2 is 1.70 bits per heavy atom. The third kappa shape index (κ3) is 3.96. The van der Waals surface area contributed by atoms with Crippen LogP contribution in [-0.2, 0) is 6.54 Å². The molecule has 0 radical (unpaired) electrons. The number of aromatic nitrogens is 1. The van der Waals surface area contributed by atoms with E-state index in [9.17, 15) is 4.79 Å². The summed E-state index contributed by atoms with van der Waals surface area (Å²) in [4.78, 5) is 12.7. The molecule has 1 fully saturated rings. The molecule has 156 valence electrons. The zero-order valence-electron chi connectivity index (χ0n) is 16.2. The van der Waals surface area contributed by atoms with Crippen molar-refractivity contribution in [3.05, 3.63) is 74.5 Å². The second-order valence-corrected chi connectivity index (χ2v) is 8.11. The number of nitrogens with zero attached hydrogens (tertiary/aromatic N) is 1. The van der Waals surface area contributed by atoms with E-state index in [1.165, 1.54) is 10.6 Å². The van der Waals surface area contributed by atoms with Gasteiger partial charge < -0.3 is 9.30 Å². The fourth-order valence-corrected chi connectivity index (χ4v) is 3.90. The van der Waals surface area contributed by atoms with Gasteiger partial charge in [0, 0.05) is 34.8 Å². The summed E-state index contributed by atoms with van der Waals surface area (Å²) in [6.45, 7) is 2.31. The molecule has 1 aliphatic carbocycles. The third-order valence-corrected chi connectivity index (χ3v) is 5.76. The minimum absolute atomic E-state index is 0.0549. The second kappa shape index (κ2) is 8.40. The molecule has 3 aromatic rings. The SMILES string of the molecule is CCn1c(-c2c(F)cc(OCC3CC3)cc2F)c(-c2ccccc2Cl)cc(Cl)c1=O. The number of hydrogen-bond acceptors (Lipinski definition) is 2. The van der Waals surface area contributed by atoms with E-state index in [0.717, 1.165) is 25.0 Å². The van der Waals surface area contributed by atoms with E-state index in [0.29, 0.717) is 28.7 Å². The van der Waals surface area contributed by atoms with Gasteiger partial charge in [-0.15, -0.1) is 0 Å². The molecule has 4 rings (SSSR count). The molecule has 7 heteroatoms. The maximum Gasteiger partial charge on any atom is 0.269 e. The summed E-state index contributed by atoms with van der Waals surface area (Å²) in [5, 5.41) is 0.321. The van der Waals surface area contributed by atoms with Crippen molar-refractivity contribution in [1.82, 2.24) is 4.57 Å². The molecule has 3 nitrogen and oxygen atoms in total. The summed E-state index contributed by atoms with van der Waals surface area (Å²) in [7, 11) is 0. The van der Waals surface area contributed by atoms with Gasteiger partial charge in [-0.25, -0.2) is 8.78 Å². The minimum Gasteiger partial charge on any atom is -0.493 e. The van der Waals surface area contributed by atoms with E-state index in [1.807, 2.05) is 0 Å². The van der Waals surface area contributed by atoms with E-state index in [-0.39, 0.29) is 28.6 Å². The van der Waals surface area contributed by atoms with Crippen molar-refractivity contribution in [3.8, 4) is 28.1 Å². The molecule has 0 amide bonds. The van der Waals surface area contributed by atoms with Gasteiger partial charge in [0.2, 0.25) is 0 Å². The summed E-state index contributed by atoms with van der Waals surface area (Å²) < 4.78 is 37.1. The fourth-order valence-electron chi connectivity index (χ4n) is 3.45. The number of benzene rings is 2. The first-order valence-electron chi connectivity index (χ1n) is 9.71. The molecular weight excluding hydrogens is 431 g/mol. The molecule has 0 bridgehead atoms. The topological polar surface area (TPSA) is 31.2 Å². The first-order chi connectivity index (χ1) is 14.4. The first kappa shape index (κ1) is 20.9. The van der Waals surface area contributed by atoms with Crippen LogP contribution < -0.4 is 10.3 Å². The van der Waals surface area contributed by atoms with Crippen molar-refractivity contribution in [2.24, 2.45) is 5.92 Å². The van der Waals surface area contributed by atoms with Crippen molar-refractivity contribution in [2.75, 3.05) is 6.61 Å². The second-order valence-electron chi connectivity index (χ2n) is 7.30. The first-order valence-corrected chi connectivity index (χ1v) is 10.5. The minimum atomic E-state index is -0.821. The van der Waals surface area contributed by atoms with E-state index >= 15 is 8.78 Å². The average molecular weight is 450 g/mol. The maximum absolute atomic E-state index is 15.2. The molecular formula is C23H19Cl2F2NO2. The zero-order valence-corrected chi connectivity index (χ0v) is 17.7. The van der Waals surface area contributed by atoms with Gasteiger partial charge in [-0.1, -0.05) is 41.4 Å². The lowest BCUT2D eigenvalue weighted by Gasteiger charge is -2.19. The molecule has 1 aliphatic rings. The van der Waals surface area contributed by atoms with Crippen LogP contribution in [0.15, 0.2) is 47.3 Å². The predicted molar refractivity (Wildman–Crippen MR) is 115 cm³/mol. The third-order valence-electron chi connectivity index (χ3n) is 5.16. The highest BCUT2D eigenvalue weighted by atomic mass is 35.5. The number of halogens is 4. The molecule has 0 saturated heterocycles. The number of pyridine rings is 1. The summed E-state index contributed by atoms with van der Waals surface area (Å²) >= 11 is 12.5. The molecule has 0 aliphatic heterocycles. The van der Waals surface area contributed by atoms with Gasteiger partial charge in [0.15, 0.2) is 0 Å². The fraction of sp³-hybridized carbons (Fsp3) is 0.261. The largest absolute Gasteiger partial charge is 0.493 e. The molecule has 0 unspecified atom stereocenters. The molecule has 0 N–H and O–H groups in total. The Kier molecular flexibility index (Phi) is 5.85.